The number of halogens is 1. The van der Waals surface area contributed by atoms with Crippen molar-refractivity contribution in [3.8, 4) is 5.75 Å². The second-order valence-corrected chi connectivity index (χ2v) is 4.66. The number of phenolic OH excluding ortho intramolecular Hbond substituents is 1. The normalized spacial score (nSPS) is 13.2. The topological polar surface area (TPSA) is 32.3 Å². The van der Waals surface area contributed by atoms with Crippen molar-refractivity contribution in [2.75, 3.05) is 0 Å². The zero-order chi connectivity index (χ0) is 10.7. The molecule has 0 amide bonds. The molecule has 0 fully saturated rings. The van der Waals surface area contributed by atoms with E-state index in [1.807, 2.05) is 19.1 Å². The Morgan fingerprint density at radius 1 is 1.29 bits per heavy atom. The maximum absolute atomic E-state index is 9.70. The van der Waals surface area contributed by atoms with E-state index in [1.54, 1.807) is 6.07 Å². The fourth-order valence-corrected chi connectivity index (χ4v) is 1.82. The van der Waals surface area contributed by atoms with Gasteiger partial charge in [-0.3, -0.25) is 0 Å². The predicted molar refractivity (Wildman–Crippen MR) is 62.5 cm³/mol. The van der Waals surface area contributed by atoms with Crippen molar-refractivity contribution in [1.82, 2.24) is 5.32 Å². The minimum atomic E-state index is 0.170. The lowest BCUT2D eigenvalue weighted by Crippen LogP contribution is -2.26. The number of phenols is 1. The molecule has 0 radical (unpaired) electrons. The Kier molecular flexibility index (Phi) is 3.96. The summed E-state index contributed by atoms with van der Waals surface area (Å²) in [7, 11) is 0. The molecule has 0 aliphatic heterocycles. The summed E-state index contributed by atoms with van der Waals surface area (Å²) in [5.41, 5.74) is 0.932. The van der Waals surface area contributed by atoms with Crippen LogP contribution >= 0.6 is 15.9 Å². The number of rotatable bonds is 3. The summed E-state index contributed by atoms with van der Waals surface area (Å²) in [6, 6.07) is 6.16. The minimum Gasteiger partial charge on any atom is -0.508 e. The summed E-state index contributed by atoms with van der Waals surface area (Å²) < 4.78 is 0.899. The maximum atomic E-state index is 9.70. The first-order valence-corrected chi connectivity index (χ1v) is 5.54. The van der Waals surface area contributed by atoms with Crippen LogP contribution in [0.15, 0.2) is 22.7 Å². The quantitative estimate of drug-likeness (QED) is 0.872. The van der Waals surface area contributed by atoms with Crippen molar-refractivity contribution < 1.29 is 5.11 Å². The average Bonchev–Trinajstić information content (AvgIpc) is 2.01. The van der Waals surface area contributed by atoms with Crippen molar-refractivity contribution in [2.24, 2.45) is 0 Å². The van der Waals surface area contributed by atoms with Crippen LogP contribution in [0.2, 0.25) is 0 Å². The molecule has 0 aromatic heterocycles. The van der Waals surface area contributed by atoms with Crippen LogP contribution in [-0.4, -0.2) is 11.1 Å². The van der Waals surface area contributed by atoms with E-state index >= 15 is 0 Å². The van der Waals surface area contributed by atoms with Crippen LogP contribution in [0.1, 0.15) is 32.4 Å². The molecule has 1 unspecified atom stereocenters. The summed E-state index contributed by atoms with van der Waals surface area (Å²) in [4.78, 5) is 0. The van der Waals surface area contributed by atoms with E-state index in [4.69, 9.17) is 0 Å². The smallest absolute Gasteiger partial charge is 0.121 e. The Bertz CT molecular complexity index is 312. The Hall–Kier alpha value is -0.540. The predicted octanol–water partition coefficient (Wildman–Crippen LogP) is 3.21. The zero-order valence-corrected chi connectivity index (χ0v) is 10.3. The van der Waals surface area contributed by atoms with Gasteiger partial charge in [-0.25, -0.2) is 0 Å². The molecule has 0 saturated heterocycles. The molecule has 78 valence electrons. The summed E-state index contributed by atoms with van der Waals surface area (Å²) in [6.07, 6.45) is 0. The third-order valence-corrected chi connectivity index (χ3v) is 2.54. The van der Waals surface area contributed by atoms with E-state index in [9.17, 15) is 5.11 Å². The molecule has 2 nitrogen and oxygen atoms in total. The van der Waals surface area contributed by atoms with E-state index < -0.39 is 0 Å². The van der Waals surface area contributed by atoms with E-state index in [0.29, 0.717) is 11.8 Å². The van der Waals surface area contributed by atoms with Crippen molar-refractivity contribution in [2.45, 2.75) is 32.9 Å². The molecule has 14 heavy (non-hydrogen) atoms. The summed E-state index contributed by atoms with van der Waals surface area (Å²) in [6.45, 7) is 6.22. The third kappa shape index (κ3) is 3.00. The molecule has 0 bridgehead atoms. The third-order valence-electron chi connectivity index (χ3n) is 2.04. The first kappa shape index (κ1) is 11.5. The molecular formula is C11H16BrNO. The Balaban J connectivity index is 2.84. The first-order chi connectivity index (χ1) is 6.50. The van der Waals surface area contributed by atoms with Gasteiger partial charge in [-0.05, 0) is 19.1 Å². The Labute approximate surface area is 93.5 Å². The molecule has 0 saturated carbocycles. The van der Waals surface area contributed by atoms with E-state index in [1.165, 1.54) is 0 Å². The van der Waals surface area contributed by atoms with Gasteiger partial charge in [0.15, 0.2) is 0 Å². The number of benzene rings is 1. The van der Waals surface area contributed by atoms with Crippen LogP contribution in [0, 0.1) is 0 Å². The van der Waals surface area contributed by atoms with Gasteiger partial charge < -0.3 is 10.4 Å². The van der Waals surface area contributed by atoms with Gasteiger partial charge in [0.1, 0.15) is 5.75 Å². The SMILES string of the molecule is CC(C)NC(C)c1ccc(Br)cc1O. The van der Waals surface area contributed by atoms with Gasteiger partial charge in [0.2, 0.25) is 0 Å². The molecule has 2 N–H and O–H groups in total. The van der Waals surface area contributed by atoms with Crippen LogP contribution in [0.25, 0.3) is 0 Å². The second-order valence-electron chi connectivity index (χ2n) is 3.75. The first-order valence-electron chi connectivity index (χ1n) is 4.75. The Morgan fingerprint density at radius 3 is 2.43 bits per heavy atom. The summed E-state index contributed by atoms with van der Waals surface area (Å²) in [5.74, 6) is 0.333. The van der Waals surface area contributed by atoms with Gasteiger partial charge in [0, 0.05) is 22.1 Å². The molecule has 0 aliphatic carbocycles. The molecule has 1 aromatic carbocycles. The summed E-state index contributed by atoms with van der Waals surface area (Å²) >= 11 is 3.32. The molecule has 0 aliphatic rings. The van der Waals surface area contributed by atoms with Gasteiger partial charge in [-0.2, -0.15) is 0 Å². The van der Waals surface area contributed by atoms with Gasteiger partial charge in [0.05, 0.1) is 0 Å². The Morgan fingerprint density at radius 2 is 1.93 bits per heavy atom. The minimum absolute atomic E-state index is 0.170. The van der Waals surface area contributed by atoms with Gasteiger partial charge >= 0.3 is 0 Å². The standard InChI is InChI=1S/C11H16BrNO/c1-7(2)13-8(3)10-5-4-9(12)6-11(10)14/h4-8,13-14H,1-3H3. The highest BCUT2D eigenvalue weighted by Crippen LogP contribution is 2.27. The van der Waals surface area contributed by atoms with Gasteiger partial charge in [0.25, 0.3) is 0 Å². The van der Waals surface area contributed by atoms with E-state index in [-0.39, 0.29) is 6.04 Å². The van der Waals surface area contributed by atoms with Crippen molar-refractivity contribution >= 4 is 15.9 Å². The number of nitrogens with one attached hydrogen (secondary N) is 1. The molecule has 3 heteroatoms. The van der Waals surface area contributed by atoms with Crippen molar-refractivity contribution in [3.63, 3.8) is 0 Å². The average molecular weight is 258 g/mol. The van der Waals surface area contributed by atoms with Crippen LogP contribution in [-0.2, 0) is 0 Å². The van der Waals surface area contributed by atoms with E-state index in [2.05, 4.69) is 35.1 Å². The highest BCUT2D eigenvalue weighted by molar-refractivity contribution is 9.10. The van der Waals surface area contributed by atoms with Crippen LogP contribution < -0.4 is 5.32 Å². The molecule has 1 rings (SSSR count). The number of hydrogen-bond acceptors (Lipinski definition) is 2. The molecule has 1 atom stereocenters. The molecule has 1 aromatic rings. The number of hydrogen-bond donors (Lipinski definition) is 2. The largest absolute Gasteiger partial charge is 0.508 e. The van der Waals surface area contributed by atoms with E-state index in [0.717, 1.165) is 10.0 Å². The lowest BCUT2D eigenvalue weighted by Gasteiger charge is -2.18. The molecule has 0 spiro atoms. The highest BCUT2D eigenvalue weighted by Gasteiger charge is 2.10. The lowest BCUT2D eigenvalue weighted by atomic mass is 10.1. The molecule has 0 heterocycles. The van der Waals surface area contributed by atoms with Crippen LogP contribution in [0.4, 0.5) is 0 Å². The van der Waals surface area contributed by atoms with Crippen LogP contribution in [0.5, 0.6) is 5.75 Å². The lowest BCUT2D eigenvalue weighted by molar-refractivity contribution is 0.441. The monoisotopic (exact) mass is 257 g/mol. The van der Waals surface area contributed by atoms with Crippen LogP contribution in [0.3, 0.4) is 0 Å². The fraction of sp³-hybridized carbons (Fsp3) is 0.455. The fourth-order valence-electron chi connectivity index (χ4n) is 1.47. The molecular weight excluding hydrogens is 242 g/mol. The van der Waals surface area contributed by atoms with Gasteiger partial charge in [-0.15, -0.1) is 0 Å². The van der Waals surface area contributed by atoms with Crippen molar-refractivity contribution in [3.05, 3.63) is 28.2 Å². The van der Waals surface area contributed by atoms with Crippen molar-refractivity contribution in [1.29, 1.82) is 0 Å². The number of aromatic hydroxyl groups is 1. The highest BCUT2D eigenvalue weighted by atomic mass is 79.9. The second kappa shape index (κ2) is 4.80. The summed E-state index contributed by atoms with van der Waals surface area (Å²) in [5, 5.41) is 13.0. The maximum Gasteiger partial charge on any atom is 0.121 e. The zero-order valence-electron chi connectivity index (χ0n) is 8.71. The van der Waals surface area contributed by atoms with Gasteiger partial charge in [-0.1, -0.05) is 35.8 Å².